The number of thiophene rings is 1. The Balaban J connectivity index is 2.23. The first-order valence-electron chi connectivity index (χ1n) is 5.06. The highest BCUT2D eigenvalue weighted by Crippen LogP contribution is 2.31. The van der Waals surface area contributed by atoms with Crippen LogP contribution in [0.1, 0.15) is 16.8 Å². The number of carbonyl (C=O) groups excluding carboxylic acids is 1. The van der Waals surface area contributed by atoms with Gasteiger partial charge in [0.1, 0.15) is 0 Å². The van der Waals surface area contributed by atoms with Crippen LogP contribution in [-0.2, 0) is 0 Å². The summed E-state index contributed by atoms with van der Waals surface area (Å²) in [5.74, 6) is 1.75. The summed E-state index contributed by atoms with van der Waals surface area (Å²) >= 11 is 9.92. The van der Waals surface area contributed by atoms with Crippen molar-refractivity contribution in [3.8, 4) is 0 Å². The molecule has 0 spiro atoms. The number of carbonyl (C=O) groups is 1. The molecule has 1 rings (SSSR count). The lowest BCUT2D eigenvalue weighted by atomic mass is 10.3. The fourth-order valence-electron chi connectivity index (χ4n) is 1.10. The Morgan fingerprint density at radius 1 is 1.47 bits per heavy atom. The van der Waals surface area contributed by atoms with Crippen molar-refractivity contribution in [1.29, 1.82) is 0 Å². The van der Waals surface area contributed by atoms with Crippen LogP contribution in [0.2, 0.25) is 0 Å². The number of hydrogen-bond acceptors (Lipinski definition) is 4. The molecule has 0 aliphatic heterocycles. The first-order chi connectivity index (χ1) is 8.15. The average molecular weight is 403 g/mol. The van der Waals surface area contributed by atoms with Crippen LogP contribution in [-0.4, -0.2) is 35.7 Å². The number of halogens is 2. The van der Waals surface area contributed by atoms with Gasteiger partial charge in [-0.15, -0.1) is 11.3 Å². The second-order valence-corrected chi connectivity index (χ2v) is 8.16. The molecule has 0 atom stereocenters. The molecular formula is C10H13Br2NO2S2. The predicted octanol–water partition coefficient (Wildman–Crippen LogP) is 3.12. The van der Waals surface area contributed by atoms with E-state index in [4.69, 9.17) is 5.11 Å². The molecule has 0 aliphatic rings. The molecule has 17 heavy (non-hydrogen) atoms. The van der Waals surface area contributed by atoms with Crippen molar-refractivity contribution < 1.29 is 9.90 Å². The van der Waals surface area contributed by atoms with E-state index in [2.05, 4.69) is 37.2 Å². The van der Waals surface area contributed by atoms with E-state index < -0.39 is 0 Å². The van der Waals surface area contributed by atoms with Crippen molar-refractivity contribution in [3.63, 3.8) is 0 Å². The Hall–Kier alpha value is 0.440. The molecule has 96 valence electrons. The van der Waals surface area contributed by atoms with Gasteiger partial charge >= 0.3 is 0 Å². The van der Waals surface area contributed by atoms with Gasteiger partial charge in [-0.3, -0.25) is 4.79 Å². The Kier molecular flexibility index (Phi) is 7.77. The molecule has 1 amide bonds. The van der Waals surface area contributed by atoms with E-state index in [-0.39, 0.29) is 12.5 Å². The van der Waals surface area contributed by atoms with Crippen LogP contribution < -0.4 is 5.32 Å². The van der Waals surface area contributed by atoms with Crippen molar-refractivity contribution in [2.24, 2.45) is 0 Å². The molecule has 3 nitrogen and oxygen atoms in total. The van der Waals surface area contributed by atoms with E-state index >= 15 is 0 Å². The van der Waals surface area contributed by atoms with Crippen molar-refractivity contribution in [1.82, 2.24) is 5.32 Å². The smallest absolute Gasteiger partial charge is 0.253 e. The number of thioether (sulfide) groups is 1. The van der Waals surface area contributed by atoms with Crippen molar-refractivity contribution >= 4 is 60.9 Å². The maximum Gasteiger partial charge on any atom is 0.253 e. The summed E-state index contributed by atoms with van der Waals surface area (Å²) in [5, 5.41) is 11.5. The Morgan fingerprint density at radius 2 is 2.24 bits per heavy atom. The van der Waals surface area contributed by atoms with Gasteiger partial charge in [0.15, 0.2) is 0 Å². The molecule has 0 bridgehead atoms. The van der Waals surface area contributed by atoms with Gasteiger partial charge in [-0.25, -0.2) is 0 Å². The maximum atomic E-state index is 11.8. The normalized spacial score (nSPS) is 10.5. The van der Waals surface area contributed by atoms with E-state index in [1.165, 1.54) is 11.3 Å². The quantitative estimate of drug-likeness (QED) is 0.689. The minimum atomic E-state index is -0.0541. The largest absolute Gasteiger partial charge is 0.396 e. The SMILES string of the molecule is O=C(NCCSCCCO)c1cc(Br)sc1Br. The van der Waals surface area contributed by atoms with E-state index in [1.54, 1.807) is 11.8 Å². The van der Waals surface area contributed by atoms with Gasteiger partial charge in [0.05, 0.1) is 13.1 Å². The van der Waals surface area contributed by atoms with E-state index in [1.807, 2.05) is 6.07 Å². The van der Waals surface area contributed by atoms with Gasteiger partial charge in [0.2, 0.25) is 0 Å². The summed E-state index contributed by atoms with van der Waals surface area (Å²) in [6, 6.07) is 1.81. The predicted molar refractivity (Wildman–Crippen MR) is 81.1 cm³/mol. The Bertz CT molecular complexity index is 371. The maximum absolute atomic E-state index is 11.8. The summed E-state index contributed by atoms with van der Waals surface area (Å²) in [6.45, 7) is 0.879. The molecule has 0 aromatic carbocycles. The van der Waals surface area contributed by atoms with Crippen LogP contribution in [0.15, 0.2) is 13.6 Å². The Morgan fingerprint density at radius 3 is 2.82 bits per heavy atom. The van der Waals surface area contributed by atoms with Gasteiger partial charge in [0.25, 0.3) is 5.91 Å². The van der Waals surface area contributed by atoms with E-state index in [0.717, 1.165) is 25.5 Å². The fourth-order valence-corrected chi connectivity index (χ4v) is 4.67. The van der Waals surface area contributed by atoms with Gasteiger partial charge in [-0.2, -0.15) is 11.8 Å². The lowest BCUT2D eigenvalue weighted by Gasteiger charge is -2.03. The third kappa shape index (κ3) is 5.74. The second-order valence-electron chi connectivity index (χ2n) is 3.18. The van der Waals surface area contributed by atoms with Gasteiger partial charge in [0, 0.05) is 18.9 Å². The molecule has 7 heteroatoms. The monoisotopic (exact) mass is 401 g/mol. The third-order valence-corrected chi connectivity index (χ3v) is 5.29. The lowest BCUT2D eigenvalue weighted by molar-refractivity contribution is 0.0956. The zero-order valence-corrected chi connectivity index (χ0v) is 13.8. The first kappa shape index (κ1) is 15.5. The average Bonchev–Trinajstić information content (AvgIpc) is 2.62. The number of aliphatic hydroxyl groups excluding tert-OH is 1. The first-order valence-corrected chi connectivity index (χ1v) is 8.62. The molecule has 0 fully saturated rings. The highest BCUT2D eigenvalue weighted by molar-refractivity contribution is 9.12. The minimum absolute atomic E-state index is 0.0541. The molecule has 1 heterocycles. The molecule has 1 aromatic heterocycles. The van der Waals surface area contributed by atoms with Crippen LogP contribution in [0.3, 0.4) is 0 Å². The van der Waals surface area contributed by atoms with Gasteiger partial charge in [-0.1, -0.05) is 0 Å². The second kappa shape index (κ2) is 8.53. The number of amides is 1. The molecule has 0 saturated carbocycles. The zero-order valence-electron chi connectivity index (χ0n) is 9.04. The summed E-state index contributed by atoms with van der Waals surface area (Å²) in [5.41, 5.74) is 0.669. The van der Waals surface area contributed by atoms with Crippen LogP contribution in [0, 0.1) is 0 Å². The number of hydrogen-bond donors (Lipinski definition) is 2. The molecular weight excluding hydrogens is 390 g/mol. The third-order valence-electron chi connectivity index (χ3n) is 1.88. The molecule has 1 aromatic rings. The van der Waals surface area contributed by atoms with Gasteiger partial charge < -0.3 is 10.4 Å². The highest BCUT2D eigenvalue weighted by Gasteiger charge is 2.12. The van der Waals surface area contributed by atoms with Crippen molar-refractivity contribution in [3.05, 3.63) is 19.2 Å². The van der Waals surface area contributed by atoms with Crippen molar-refractivity contribution in [2.75, 3.05) is 24.7 Å². The Labute approximate surface area is 126 Å². The minimum Gasteiger partial charge on any atom is -0.396 e. The molecule has 0 unspecified atom stereocenters. The van der Waals surface area contributed by atoms with Crippen LogP contribution in [0.4, 0.5) is 0 Å². The number of aliphatic hydroxyl groups is 1. The molecule has 0 aliphatic carbocycles. The fraction of sp³-hybridized carbons (Fsp3) is 0.500. The van der Waals surface area contributed by atoms with E-state index in [9.17, 15) is 4.79 Å². The van der Waals surface area contributed by atoms with Crippen LogP contribution in [0.25, 0.3) is 0 Å². The van der Waals surface area contributed by atoms with Crippen LogP contribution in [0.5, 0.6) is 0 Å². The van der Waals surface area contributed by atoms with Gasteiger partial charge in [-0.05, 0) is 50.1 Å². The number of rotatable bonds is 7. The molecule has 0 saturated heterocycles. The highest BCUT2D eigenvalue weighted by atomic mass is 79.9. The summed E-state index contributed by atoms with van der Waals surface area (Å²) in [4.78, 5) is 11.8. The molecule has 2 N–H and O–H groups in total. The topological polar surface area (TPSA) is 49.3 Å². The lowest BCUT2D eigenvalue weighted by Crippen LogP contribution is -2.25. The summed E-state index contributed by atoms with van der Waals surface area (Å²) in [7, 11) is 0. The van der Waals surface area contributed by atoms with Crippen molar-refractivity contribution in [2.45, 2.75) is 6.42 Å². The number of nitrogens with one attached hydrogen (secondary N) is 1. The standard InChI is InChI=1S/C10H13Br2NO2S2/c11-8-6-7(9(12)17-8)10(15)13-2-5-16-4-1-3-14/h6,14H,1-5H2,(H,13,15). The molecule has 0 radical (unpaired) electrons. The zero-order chi connectivity index (χ0) is 12.7. The summed E-state index contributed by atoms with van der Waals surface area (Å²) in [6.07, 6.45) is 0.807. The summed E-state index contributed by atoms with van der Waals surface area (Å²) < 4.78 is 1.78. The van der Waals surface area contributed by atoms with Crippen LogP contribution >= 0.6 is 55.0 Å². The van der Waals surface area contributed by atoms with E-state index in [0.29, 0.717) is 12.1 Å².